The number of nitrogens with zero attached hydrogens (tertiary/aromatic N) is 2. The van der Waals surface area contributed by atoms with Gasteiger partial charge < -0.3 is 5.11 Å². The van der Waals surface area contributed by atoms with Crippen molar-refractivity contribution < 1.29 is 19.5 Å². The van der Waals surface area contributed by atoms with Gasteiger partial charge in [0, 0.05) is 19.1 Å². The number of carbonyl (C=O) groups is 3. The SMILES string of the molecule is C[C@@H]1CN(C2CC(=O)N(C3CCCC3)C2=O)C[C@H]1C(=O)O. The van der Waals surface area contributed by atoms with Gasteiger partial charge >= 0.3 is 5.97 Å². The van der Waals surface area contributed by atoms with Crippen LogP contribution in [0, 0.1) is 11.8 Å². The summed E-state index contributed by atoms with van der Waals surface area (Å²) >= 11 is 0. The standard InChI is InChI=1S/C15H22N2O4/c1-9-7-16(8-11(9)15(20)21)12-6-13(18)17(14(12)19)10-4-2-3-5-10/h9-12H,2-8H2,1H3,(H,20,21)/t9-,11-,12?/m1/s1. The van der Waals surface area contributed by atoms with Crippen LogP contribution in [-0.4, -0.2) is 57.9 Å². The zero-order chi connectivity index (χ0) is 15.1. The van der Waals surface area contributed by atoms with Gasteiger partial charge in [0.05, 0.1) is 18.4 Å². The number of hydrogen-bond donors (Lipinski definition) is 1. The van der Waals surface area contributed by atoms with E-state index in [2.05, 4.69) is 0 Å². The highest BCUT2D eigenvalue weighted by Crippen LogP contribution is 2.33. The first-order chi connectivity index (χ1) is 9.99. The molecule has 2 aliphatic heterocycles. The first-order valence-corrected chi connectivity index (χ1v) is 7.81. The number of aliphatic carboxylic acids is 1. The molecule has 2 amide bonds. The van der Waals surface area contributed by atoms with Gasteiger partial charge in [-0.05, 0) is 18.8 Å². The van der Waals surface area contributed by atoms with Gasteiger partial charge in [-0.3, -0.25) is 24.2 Å². The maximum absolute atomic E-state index is 12.6. The Bertz CT molecular complexity index is 472. The summed E-state index contributed by atoms with van der Waals surface area (Å²) in [5.74, 6) is -1.41. The maximum atomic E-state index is 12.6. The molecule has 2 saturated heterocycles. The molecule has 6 nitrogen and oxygen atoms in total. The largest absolute Gasteiger partial charge is 0.481 e. The lowest BCUT2D eigenvalue weighted by Gasteiger charge is -2.25. The molecule has 6 heteroatoms. The monoisotopic (exact) mass is 294 g/mol. The van der Waals surface area contributed by atoms with E-state index in [1.807, 2.05) is 11.8 Å². The summed E-state index contributed by atoms with van der Waals surface area (Å²) in [6.07, 6.45) is 4.20. The molecule has 3 aliphatic rings. The third-order valence-electron chi connectivity index (χ3n) is 5.25. The fourth-order valence-electron chi connectivity index (χ4n) is 4.05. The molecule has 0 aromatic rings. The summed E-state index contributed by atoms with van der Waals surface area (Å²) < 4.78 is 0. The number of carbonyl (C=O) groups excluding carboxylic acids is 2. The summed E-state index contributed by atoms with van der Waals surface area (Å²) in [5.41, 5.74) is 0. The predicted octanol–water partition coefficient (Wildman–Crippen LogP) is 0.709. The van der Waals surface area contributed by atoms with Crippen LogP contribution in [-0.2, 0) is 14.4 Å². The number of carboxylic acids is 1. The quantitative estimate of drug-likeness (QED) is 0.776. The average Bonchev–Trinajstić information content (AvgIpc) is 3.09. The van der Waals surface area contributed by atoms with Crippen LogP contribution in [0.4, 0.5) is 0 Å². The fraction of sp³-hybridized carbons (Fsp3) is 0.800. The average molecular weight is 294 g/mol. The molecule has 0 aromatic carbocycles. The minimum Gasteiger partial charge on any atom is -0.481 e. The molecule has 21 heavy (non-hydrogen) atoms. The fourth-order valence-corrected chi connectivity index (χ4v) is 4.05. The highest BCUT2D eigenvalue weighted by atomic mass is 16.4. The number of imide groups is 1. The molecule has 0 spiro atoms. The molecular formula is C15H22N2O4. The molecule has 1 saturated carbocycles. The Balaban J connectivity index is 1.71. The number of likely N-dealkylation sites (tertiary alicyclic amines) is 2. The summed E-state index contributed by atoms with van der Waals surface area (Å²) in [6, 6.07) is -0.366. The molecule has 2 heterocycles. The highest BCUT2D eigenvalue weighted by molar-refractivity contribution is 6.06. The number of rotatable bonds is 3. The van der Waals surface area contributed by atoms with Crippen molar-refractivity contribution in [2.24, 2.45) is 11.8 Å². The Kier molecular flexibility index (Phi) is 3.73. The molecule has 1 unspecified atom stereocenters. The van der Waals surface area contributed by atoms with Crippen LogP contribution in [0.5, 0.6) is 0 Å². The third-order valence-corrected chi connectivity index (χ3v) is 5.25. The Morgan fingerprint density at radius 2 is 1.86 bits per heavy atom. The van der Waals surface area contributed by atoms with E-state index in [4.69, 9.17) is 0 Å². The summed E-state index contributed by atoms with van der Waals surface area (Å²) in [6.45, 7) is 2.85. The molecule has 116 valence electrons. The van der Waals surface area contributed by atoms with Crippen molar-refractivity contribution in [2.45, 2.75) is 51.1 Å². The minimum absolute atomic E-state index is 0.0194. The zero-order valence-electron chi connectivity index (χ0n) is 12.3. The van der Waals surface area contributed by atoms with Gasteiger partial charge in [0.15, 0.2) is 0 Å². The van der Waals surface area contributed by atoms with E-state index in [9.17, 15) is 19.5 Å². The minimum atomic E-state index is -0.811. The van der Waals surface area contributed by atoms with E-state index in [0.29, 0.717) is 13.1 Å². The first kappa shape index (κ1) is 14.5. The second kappa shape index (κ2) is 5.40. The summed E-state index contributed by atoms with van der Waals surface area (Å²) in [5, 5.41) is 9.20. The van der Waals surface area contributed by atoms with E-state index in [1.54, 1.807) is 0 Å². The molecule has 0 bridgehead atoms. The molecule has 3 atom stereocenters. The Morgan fingerprint density at radius 3 is 2.43 bits per heavy atom. The van der Waals surface area contributed by atoms with Gasteiger partial charge in [0.25, 0.3) is 0 Å². The van der Waals surface area contributed by atoms with E-state index in [1.165, 1.54) is 4.90 Å². The maximum Gasteiger partial charge on any atom is 0.308 e. The van der Waals surface area contributed by atoms with E-state index >= 15 is 0 Å². The van der Waals surface area contributed by atoms with Crippen LogP contribution < -0.4 is 0 Å². The predicted molar refractivity (Wildman–Crippen MR) is 74.4 cm³/mol. The lowest BCUT2D eigenvalue weighted by Crippen LogP contribution is -2.44. The second-order valence-electron chi connectivity index (χ2n) is 6.64. The molecule has 3 fully saturated rings. The number of amides is 2. The zero-order valence-corrected chi connectivity index (χ0v) is 12.3. The first-order valence-electron chi connectivity index (χ1n) is 7.81. The van der Waals surface area contributed by atoms with Gasteiger partial charge in [-0.2, -0.15) is 0 Å². The van der Waals surface area contributed by atoms with Crippen LogP contribution in [0.2, 0.25) is 0 Å². The van der Waals surface area contributed by atoms with Gasteiger partial charge in [-0.15, -0.1) is 0 Å². The van der Waals surface area contributed by atoms with Crippen LogP contribution in [0.1, 0.15) is 39.0 Å². The molecule has 1 N–H and O–H groups in total. The highest BCUT2D eigenvalue weighted by Gasteiger charge is 2.48. The van der Waals surface area contributed by atoms with Crippen molar-refractivity contribution >= 4 is 17.8 Å². The Hall–Kier alpha value is -1.43. The lowest BCUT2D eigenvalue weighted by atomic mass is 9.99. The summed E-state index contributed by atoms with van der Waals surface area (Å²) in [4.78, 5) is 39.4. The Morgan fingerprint density at radius 1 is 1.19 bits per heavy atom. The van der Waals surface area contributed by atoms with Crippen molar-refractivity contribution in [3.8, 4) is 0 Å². The molecular weight excluding hydrogens is 272 g/mol. The Labute approximate surface area is 124 Å². The van der Waals surface area contributed by atoms with Crippen LogP contribution >= 0.6 is 0 Å². The second-order valence-corrected chi connectivity index (χ2v) is 6.64. The lowest BCUT2D eigenvalue weighted by molar-refractivity contribution is -0.144. The van der Waals surface area contributed by atoms with Crippen molar-refractivity contribution in [1.82, 2.24) is 9.80 Å². The molecule has 0 radical (unpaired) electrons. The van der Waals surface area contributed by atoms with Crippen molar-refractivity contribution in [2.75, 3.05) is 13.1 Å². The van der Waals surface area contributed by atoms with Crippen molar-refractivity contribution in [1.29, 1.82) is 0 Å². The van der Waals surface area contributed by atoms with Gasteiger partial charge in [-0.1, -0.05) is 19.8 Å². The molecule has 1 aliphatic carbocycles. The number of hydrogen-bond acceptors (Lipinski definition) is 4. The third kappa shape index (κ3) is 2.46. The smallest absolute Gasteiger partial charge is 0.308 e. The van der Waals surface area contributed by atoms with Crippen LogP contribution in [0.25, 0.3) is 0 Å². The van der Waals surface area contributed by atoms with Crippen LogP contribution in [0.3, 0.4) is 0 Å². The topological polar surface area (TPSA) is 77.9 Å². The van der Waals surface area contributed by atoms with E-state index in [-0.39, 0.29) is 30.2 Å². The van der Waals surface area contributed by atoms with Gasteiger partial charge in [0.1, 0.15) is 0 Å². The number of carboxylic acid groups (broad SMARTS) is 1. The molecule has 3 rings (SSSR count). The van der Waals surface area contributed by atoms with E-state index in [0.717, 1.165) is 25.7 Å². The van der Waals surface area contributed by atoms with E-state index < -0.39 is 17.9 Å². The molecule has 0 aromatic heterocycles. The van der Waals surface area contributed by atoms with Crippen molar-refractivity contribution in [3.63, 3.8) is 0 Å². The van der Waals surface area contributed by atoms with Gasteiger partial charge in [0.2, 0.25) is 11.8 Å². The normalized spacial score (nSPS) is 35.1. The summed E-state index contributed by atoms with van der Waals surface area (Å²) in [7, 11) is 0. The van der Waals surface area contributed by atoms with Gasteiger partial charge in [-0.25, -0.2) is 0 Å². The van der Waals surface area contributed by atoms with Crippen LogP contribution in [0.15, 0.2) is 0 Å². The van der Waals surface area contributed by atoms with Crippen molar-refractivity contribution in [3.05, 3.63) is 0 Å².